The second kappa shape index (κ2) is 2.28. The number of rotatable bonds is 0. The SMILES string of the molecule is FC(F)(F)c1[c]cncc1. The fourth-order valence-corrected chi connectivity index (χ4v) is 0.492. The predicted octanol–water partition coefficient (Wildman–Crippen LogP) is 1.90. The number of hydrogen-bond donors (Lipinski definition) is 0. The summed E-state index contributed by atoms with van der Waals surface area (Å²) in [6, 6.07) is 2.85. The van der Waals surface area contributed by atoms with Crippen molar-refractivity contribution >= 4 is 0 Å². The standard InChI is InChI=1S/C6H3F3N/c7-6(8,9)5-1-3-10-4-2-5/h1,3-4H. The van der Waals surface area contributed by atoms with Gasteiger partial charge in [-0.2, -0.15) is 13.2 Å². The summed E-state index contributed by atoms with van der Waals surface area (Å²) in [5, 5.41) is 0. The van der Waals surface area contributed by atoms with Gasteiger partial charge in [0.1, 0.15) is 0 Å². The van der Waals surface area contributed by atoms with Crippen LogP contribution >= 0.6 is 0 Å². The molecule has 0 aliphatic carbocycles. The molecule has 1 aromatic heterocycles. The molecule has 0 fully saturated rings. The van der Waals surface area contributed by atoms with Gasteiger partial charge >= 0.3 is 6.18 Å². The Labute approximate surface area is 55.5 Å². The van der Waals surface area contributed by atoms with Gasteiger partial charge < -0.3 is 0 Å². The zero-order chi connectivity index (χ0) is 7.61. The molecule has 0 saturated carbocycles. The third-order valence-corrected chi connectivity index (χ3v) is 0.927. The maximum Gasteiger partial charge on any atom is 0.417 e. The summed E-state index contributed by atoms with van der Waals surface area (Å²) in [7, 11) is 0. The van der Waals surface area contributed by atoms with E-state index in [0.29, 0.717) is 0 Å². The molecule has 1 radical (unpaired) electrons. The number of nitrogens with zero attached hydrogens (tertiary/aromatic N) is 1. The Hall–Kier alpha value is -1.06. The molecule has 4 heteroatoms. The number of pyridine rings is 1. The lowest BCUT2D eigenvalue weighted by Gasteiger charge is -2.02. The van der Waals surface area contributed by atoms with Crippen LogP contribution < -0.4 is 0 Å². The number of alkyl halides is 3. The lowest BCUT2D eigenvalue weighted by atomic mass is 10.3. The molecule has 1 nitrogen and oxygen atoms in total. The number of aromatic nitrogens is 1. The van der Waals surface area contributed by atoms with Gasteiger partial charge in [0.05, 0.1) is 5.56 Å². The average Bonchev–Trinajstić information content (AvgIpc) is 1.88. The van der Waals surface area contributed by atoms with Crippen molar-refractivity contribution < 1.29 is 13.2 Å². The van der Waals surface area contributed by atoms with E-state index in [4.69, 9.17) is 0 Å². The molecule has 0 aliphatic rings. The molecular weight excluding hydrogens is 143 g/mol. The van der Waals surface area contributed by atoms with Crippen molar-refractivity contribution in [1.82, 2.24) is 4.98 Å². The monoisotopic (exact) mass is 146 g/mol. The molecule has 0 amide bonds. The van der Waals surface area contributed by atoms with Crippen LogP contribution in [0.15, 0.2) is 18.5 Å². The Bertz CT molecular complexity index is 204. The zero-order valence-corrected chi connectivity index (χ0v) is 4.81. The summed E-state index contributed by atoms with van der Waals surface area (Å²) in [5.41, 5.74) is -0.789. The van der Waals surface area contributed by atoms with E-state index in [1.54, 1.807) is 0 Å². The zero-order valence-electron chi connectivity index (χ0n) is 4.81. The van der Waals surface area contributed by atoms with Gasteiger partial charge in [-0.15, -0.1) is 0 Å². The summed E-state index contributed by atoms with van der Waals surface area (Å²) < 4.78 is 35.2. The second-order valence-corrected chi connectivity index (χ2v) is 1.65. The molecule has 53 valence electrons. The highest BCUT2D eigenvalue weighted by Gasteiger charge is 2.29. The van der Waals surface area contributed by atoms with Crippen molar-refractivity contribution in [3.8, 4) is 0 Å². The van der Waals surface area contributed by atoms with Crippen molar-refractivity contribution in [3.63, 3.8) is 0 Å². The minimum absolute atomic E-state index is 0.789. The van der Waals surface area contributed by atoms with Crippen LogP contribution in [0.4, 0.5) is 13.2 Å². The highest BCUT2D eigenvalue weighted by Crippen LogP contribution is 2.27. The van der Waals surface area contributed by atoms with Gasteiger partial charge in [-0.1, -0.05) is 0 Å². The van der Waals surface area contributed by atoms with Crippen molar-refractivity contribution in [2.45, 2.75) is 6.18 Å². The van der Waals surface area contributed by atoms with E-state index in [1.165, 1.54) is 0 Å². The van der Waals surface area contributed by atoms with E-state index in [9.17, 15) is 13.2 Å². The molecule has 0 atom stereocenters. The molecule has 10 heavy (non-hydrogen) atoms. The largest absolute Gasteiger partial charge is 0.417 e. The highest BCUT2D eigenvalue weighted by atomic mass is 19.4. The summed E-state index contributed by atoms with van der Waals surface area (Å²) >= 11 is 0. The Morgan fingerprint density at radius 3 is 2.40 bits per heavy atom. The molecule has 1 aromatic rings. The molecule has 0 bridgehead atoms. The molecule has 0 saturated heterocycles. The van der Waals surface area contributed by atoms with E-state index >= 15 is 0 Å². The highest BCUT2D eigenvalue weighted by molar-refractivity contribution is 5.11. The van der Waals surface area contributed by atoms with E-state index in [1.807, 2.05) is 6.07 Å². The Balaban J connectivity index is 2.97. The lowest BCUT2D eigenvalue weighted by Crippen LogP contribution is -2.04. The van der Waals surface area contributed by atoms with Gasteiger partial charge in [0.15, 0.2) is 0 Å². The molecule has 0 unspecified atom stereocenters. The summed E-state index contributed by atoms with van der Waals surface area (Å²) in [5.74, 6) is 0. The fraction of sp³-hybridized carbons (Fsp3) is 0.167. The van der Waals surface area contributed by atoms with E-state index < -0.39 is 11.7 Å². The minimum atomic E-state index is -4.30. The van der Waals surface area contributed by atoms with Crippen LogP contribution in [0.1, 0.15) is 5.56 Å². The van der Waals surface area contributed by atoms with E-state index in [2.05, 4.69) is 4.98 Å². The normalized spacial score (nSPS) is 11.5. The molecule has 1 heterocycles. The van der Waals surface area contributed by atoms with Crippen LogP contribution in [0.25, 0.3) is 0 Å². The van der Waals surface area contributed by atoms with Gasteiger partial charge in [-0.3, -0.25) is 4.98 Å². The fourth-order valence-electron chi connectivity index (χ4n) is 0.492. The van der Waals surface area contributed by atoms with Gasteiger partial charge in [0.2, 0.25) is 0 Å². The van der Waals surface area contributed by atoms with Crippen molar-refractivity contribution in [2.24, 2.45) is 0 Å². The van der Waals surface area contributed by atoms with Crippen molar-refractivity contribution in [2.75, 3.05) is 0 Å². The lowest BCUT2D eigenvalue weighted by molar-refractivity contribution is -0.137. The van der Waals surface area contributed by atoms with E-state index in [-0.39, 0.29) is 0 Å². The first-order valence-corrected chi connectivity index (χ1v) is 2.49. The molecule has 0 spiro atoms. The van der Waals surface area contributed by atoms with Gasteiger partial charge in [0, 0.05) is 18.5 Å². The Morgan fingerprint density at radius 2 is 2.10 bits per heavy atom. The third kappa shape index (κ3) is 1.46. The molecule has 1 rings (SSSR count). The molecular formula is C6H3F3N. The smallest absolute Gasteiger partial charge is 0.264 e. The van der Waals surface area contributed by atoms with Gasteiger partial charge in [-0.05, 0) is 6.07 Å². The average molecular weight is 146 g/mol. The van der Waals surface area contributed by atoms with Gasteiger partial charge in [0.25, 0.3) is 0 Å². The van der Waals surface area contributed by atoms with Crippen LogP contribution in [0, 0.1) is 6.07 Å². The van der Waals surface area contributed by atoms with Crippen LogP contribution in [0.2, 0.25) is 0 Å². The van der Waals surface area contributed by atoms with Crippen molar-refractivity contribution in [3.05, 3.63) is 30.1 Å². The first-order valence-electron chi connectivity index (χ1n) is 2.49. The second-order valence-electron chi connectivity index (χ2n) is 1.65. The Kier molecular flexibility index (Phi) is 1.61. The van der Waals surface area contributed by atoms with Crippen LogP contribution in [0.5, 0.6) is 0 Å². The number of hydrogen-bond acceptors (Lipinski definition) is 1. The first kappa shape index (κ1) is 7.05. The molecule has 0 aromatic carbocycles. The minimum Gasteiger partial charge on any atom is -0.264 e. The summed E-state index contributed by atoms with van der Waals surface area (Å²) in [4.78, 5) is 3.40. The van der Waals surface area contributed by atoms with Crippen LogP contribution in [-0.2, 0) is 6.18 Å². The maximum atomic E-state index is 11.7. The summed E-state index contributed by atoms with van der Waals surface area (Å²) in [6.45, 7) is 0. The van der Waals surface area contributed by atoms with E-state index in [0.717, 1.165) is 18.5 Å². The summed E-state index contributed by atoms with van der Waals surface area (Å²) in [6.07, 6.45) is -2.23. The Morgan fingerprint density at radius 1 is 1.40 bits per heavy atom. The molecule has 0 N–H and O–H groups in total. The number of halogens is 3. The van der Waals surface area contributed by atoms with Crippen molar-refractivity contribution in [1.29, 1.82) is 0 Å². The topological polar surface area (TPSA) is 12.9 Å². The third-order valence-electron chi connectivity index (χ3n) is 0.927. The predicted molar refractivity (Wildman–Crippen MR) is 28.1 cm³/mol. The van der Waals surface area contributed by atoms with Crippen LogP contribution in [0.3, 0.4) is 0 Å². The quantitative estimate of drug-likeness (QED) is 0.544. The first-order chi connectivity index (χ1) is 4.61. The molecule has 0 aliphatic heterocycles. The maximum absolute atomic E-state index is 11.7. The van der Waals surface area contributed by atoms with Gasteiger partial charge in [-0.25, -0.2) is 0 Å². The van der Waals surface area contributed by atoms with Crippen LogP contribution in [-0.4, -0.2) is 4.98 Å².